The lowest BCUT2D eigenvalue weighted by Crippen LogP contribution is -2.32. The lowest BCUT2D eigenvalue weighted by Gasteiger charge is -2.17. The van der Waals surface area contributed by atoms with Crippen molar-refractivity contribution in [2.45, 2.75) is 44.6 Å². The molecule has 1 saturated carbocycles. The van der Waals surface area contributed by atoms with Crippen LogP contribution in [0.2, 0.25) is 0 Å². The van der Waals surface area contributed by atoms with Crippen molar-refractivity contribution in [1.29, 1.82) is 0 Å². The Bertz CT molecular complexity index is 1260. The van der Waals surface area contributed by atoms with Crippen LogP contribution < -0.4 is 9.47 Å². The van der Waals surface area contributed by atoms with E-state index < -0.39 is 0 Å². The maximum absolute atomic E-state index is 13.1. The van der Waals surface area contributed by atoms with Gasteiger partial charge >= 0.3 is 0 Å². The van der Waals surface area contributed by atoms with Crippen molar-refractivity contribution in [2.75, 3.05) is 13.7 Å². The molecule has 0 atom stereocenters. The number of aromatic nitrogens is 1. The van der Waals surface area contributed by atoms with E-state index in [-0.39, 0.29) is 43.1 Å². The maximum atomic E-state index is 13.1. The van der Waals surface area contributed by atoms with Crippen molar-refractivity contribution in [3.05, 3.63) is 77.6 Å². The Morgan fingerprint density at radius 2 is 1.74 bits per heavy atom. The highest BCUT2D eigenvalue weighted by molar-refractivity contribution is 6.23. The molecule has 2 amide bonds. The number of nitrogens with zero attached hydrogens (tertiary/aromatic N) is 2. The Hall–Kier alpha value is -3.87. The molecule has 2 aromatic carbocycles. The Morgan fingerprint density at radius 1 is 0.971 bits per heavy atom. The van der Waals surface area contributed by atoms with E-state index >= 15 is 0 Å². The highest BCUT2D eigenvalue weighted by Crippen LogP contribution is 2.33. The minimum absolute atomic E-state index is 0.0517. The number of methoxy groups -OCH3 is 1. The second-order valence-corrected chi connectivity index (χ2v) is 9.03. The van der Waals surface area contributed by atoms with Gasteiger partial charge in [-0.05, 0) is 67.6 Å². The number of benzene rings is 2. The number of ketones is 1. The minimum Gasteiger partial charge on any atom is -0.493 e. The lowest BCUT2D eigenvalue weighted by molar-refractivity contribution is -0.118. The van der Waals surface area contributed by atoms with Crippen molar-refractivity contribution >= 4 is 17.6 Å². The van der Waals surface area contributed by atoms with Crippen molar-refractivity contribution in [1.82, 2.24) is 9.47 Å². The predicted octanol–water partition coefficient (Wildman–Crippen LogP) is 4.61. The lowest BCUT2D eigenvalue weighted by atomic mass is 10.1. The molecule has 2 aliphatic rings. The summed E-state index contributed by atoms with van der Waals surface area (Å²) in [5.41, 5.74) is 2.23. The molecule has 7 nitrogen and oxygen atoms in total. The van der Waals surface area contributed by atoms with Crippen LogP contribution >= 0.6 is 0 Å². The fourth-order valence-electron chi connectivity index (χ4n) is 4.89. The summed E-state index contributed by atoms with van der Waals surface area (Å²) in [5.74, 6) is 0.534. The van der Waals surface area contributed by atoms with Crippen LogP contribution in [0.3, 0.4) is 0 Å². The van der Waals surface area contributed by atoms with Gasteiger partial charge < -0.3 is 14.0 Å². The minimum atomic E-state index is -0.362. The summed E-state index contributed by atoms with van der Waals surface area (Å²) >= 11 is 0. The van der Waals surface area contributed by atoms with Gasteiger partial charge in [-0.25, -0.2) is 0 Å². The molecule has 0 bridgehead atoms. The SMILES string of the molecule is COc1ccc(CC(=O)CCN2C(=O)c3cccc(-n4cccc4)c3C2=O)cc1OC1CCCC1. The number of carbonyl (C=O) groups excluding carboxylic acids is 3. The van der Waals surface area contributed by atoms with Crippen LogP contribution in [-0.4, -0.2) is 46.8 Å². The number of hydrogen-bond donors (Lipinski definition) is 0. The van der Waals surface area contributed by atoms with Crippen LogP contribution in [0.25, 0.3) is 5.69 Å². The molecular weight excluding hydrogens is 444 g/mol. The summed E-state index contributed by atoms with van der Waals surface area (Å²) in [6.45, 7) is 0.0535. The Labute approximate surface area is 204 Å². The first-order chi connectivity index (χ1) is 17.0. The van der Waals surface area contributed by atoms with Gasteiger partial charge in [0.05, 0.1) is 30.0 Å². The smallest absolute Gasteiger partial charge is 0.263 e. The van der Waals surface area contributed by atoms with Crippen LogP contribution in [0.4, 0.5) is 0 Å². The quantitative estimate of drug-likeness (QED) is 0.425. The molecule has 0 N–H and O–H groups in total. The van der Waals surface area contributed by atoms with Crippen LogP contribution in [0.1, 0.15) is 58.4 Å². The molecular formula is C28H28N2O5. The van der Waals surface area contributed by atoms with Crippen LogP contribution in [0, 0.1) is 0 Å². The molecule has 5 rings (SSSR count). The summed E-state index contributed by atoms with van der Waals surface area (Å²) in [4.78, 5) is 40.0. The van der Waals surface area contributed by atoms with Gasteiger partial charge in [0.15, 0.2) is 11.5 Å². The molecule has 2 heterocycles. The van der Waals surface area contributed by atoms with E-state index in [9.17, 15) is 14.4 Å². The summed E-state index contributed by atoms with van der Waals surface area (Å²) in [7, 11) is 1.60. The first-order valence-corrected chi connectivity index (χ1v) is 12.0. The molecule has 1 aliphatic carbocycles. The number of fused-ring (bicyclic) bond motifs is 1. The van der Waals surface area contributed by atoms with Gasteiger partial charge in [-0.1, -0.05) is 12.1 Å². The van der Waals surface area contributed by atoms with Crippen molar-refractivity contribution in [2.24, 2.45) is 0 Å². The summed E-state index contributed by atoms with van der Waals surface area (Å²) in [6.07, 6.45) is 8.51. The number of rotatable bonds is 9. The summed E-state index contributed by atoms with van der Waals surface area (Å²) < 4.78 is 13.4. The molecule has 0 saturated heterocycles. The van der Waals surface area contributed by atoms with Gasteiger partial charge in [0.1, 0.15) is 5.78 Å². The van der Waals surface area contributed by atoms with E-state index in [2.05, 4.69) is 0 Å². The van der Waals surface area contributed by atoms with Crippen molar-refractivity contribution in [3.8, 4) is 17.2 Å². The average Bonchev–Trinajstić information content (AvgIpc) is 3.62. The van der Waals surface area contributed by atoms with Crippen LogP contribution in [0.5, 0.6) is 11.5 Å². The topological polar surface area (TPSA) is 77.8 Å². The fourth-order valence-corrected chi connectivity index (χ4v) is 4.89. The molecule has 1 aromatic heterocycles. The number of imide groups is 1. The Balaban J connectivity index is 1.25. The first-order valence-electron chi connectivity index (χ1n) is 12.0. The molecule has 3 aromatic rings. The number of amides is 2. The Morgan fingerprint density at radius 3 is 2.49 bits per heavy atom. The third-order valence-electron chi connectivity index (χ3n) is 6.70. The average molecular weight is 473 g/mol. The highest BCUT2D eigenvalue weighted by atomic mass is 16.5. The molecule has 180 valence electrons. The number of hydrogen-bond acceptors (Lipinski definition) is 5. The zero-order valence-corrected chi connectivity index (χ0v) is 19.7. The number of carbonyl (C=O) groups is 3. The molecule has 0 unspecified atom stereocenters. The number of Topliss-reactive ketones (excluding diaryl/α,β-unsaturated/α-hetero) is 1. The van der Waals surface area contributed by atoms with Crippen LogP contribution in [0.15, 0.2) is 60.9 Å². The van der Waals surface area contributed by atoms with Gasteiger partial charge in [0.2, 0.25) is 0 Å². The highest BCUT2D eigenvalue weighted by Gasteiger charge is 2.37. The van der Waals surface area contributed by atoms with Crippen LogP contribution in [-0.2, 0) is 11.2 Å². The van der Waals surface area contributed by atoms with E-state index in [1.165, 1.54) is 4.90 Å². The normalized spacial score (nSPS) is 15.5. The molecule has 0 spiro atoms. The second kappa shape index (κ2) is 9.78. The van der Waals surface area contributed by atoms with E-state index in [4.69, 9.17) is 9.47 Å². The first kappa shape index (κ1) is 22.9. The van der Waals surface area contributed by atoms with Gasteiger partial charge in [-0.15, -0.1) is 0 Å². The molecule has 1 fully saturated rings. The van der Waals surface area contributed by atoms with Crippen molar-refractivity contribution in [3.63, 3.8) is 0 Å². The third kappa shape index (κ3) is 4.58. The largest absolute Gasteiger partial charge is 0.493 e. The Kier molecular flexibility index (Phi) is 6.40. The van der Waals surface area contributed by atoms with Gasteiger partial charge in [0, 0.05) is 31.8 Å². The zero-order chi connectivity index (χ0) is 24.4. The molecule has 7 heteroatoms. The van der Waals surface area contributed by atoms with E-state index in [0.29, 0.717) is 28.3 Å². The predicted molar refractivity (Wildman–Crippen MR) is 130 cm³/mol. The maximum Gasteiger partial charge on any atom is 0.263 e. The van der Waals surface area contributed by atoms with Crippen molar-refractivity contribution < 1.29 is 23.9 Å². The monoisotopic (exact) mass is 472 g/mol. The van der Waals surface area contributed by atoms with E-state index in [1.54, 1.807) is 19.2 Å². The molecule has 35 heavy (non-hydrogen) atoms. The third-order valence-corrected chi connectivity index (χ3v) is 6.70. The standard InChI is InChI=1S/C28H28N2O5/c1-34-24-12-11-19(18-25(24)35-21-7-2-3-8-21)17-20(31)13-16-30-27(32)22-9-6-10-23(26(22)28(30)33)29-14-4-5-15-29/h4-6,9-12,14-15,18,21H,2-3,7-8,13,16-17H2,1H3. The fraction of sp³-hybridized carbons (Fsp3) is 0.321. The van der Waals surface area contributed by atoms with Gasteiger partial charge in [-0.3, -0.25) is 19.3 Å². The second-order valence-electron chi connectivity index (χ2n) is 9.03. The summed E-state index contributed by atoms with van der Waals surface area (Å²) in [5, 5.41) is 0. The number of ether oxygens (including phenoxy) is 2. The van der Waals surface area contributed by atoms with E-state index in [1.807, 2.05) is 53.4 Å². The zero-order valence-electron chi connectivity index (χ0n) is 19.7. The molecule has 1 aliphatic heterocycles. The molecule has 0 radical (unpaired) electrons. The van der Waals surface area contributed by atoms with Gasteiger partial charge in [-0.2, -0.15) is 0 Å². The summed E-state index contributed by atoms with van der Waals surface area (Å²) in [6, 6.07) is 14.5. The van der Waals surface area contributed by atoms with Gasteiger partial charge in [0.25, 0.3) is 11.8 Å². The van der Waals surface area contributed by atoms with E-state index in [0.717, 1.165) is 31.2 Å².